The predicted molar refractivity (Wildman–Crippen MR) is 78.4 cm³/mol. The molecule has 0 aliphatic rings. The summed E-state index contributed by atoms with van der Waals surface area (Å²) in [6.45, 7) is 2.96. The number of hydrogen-bond donors (Lipinski definition) is 1. The van der Waals surface area contributed by atoms with E-state index >= 15 is 0 Å². The minimum atomic E-state index is -0.714. The van der Waals surface area contributed by atoms with E-state index in [1.165, 1.54) is 0 Å². The fourth-order valence-electron chi connectivity index (χ4n) is 1.86. The molecule has 3 nitrogen and oxygen atoms in total. The Morgan fingerprint density at radius 2 is 2.17 bits per heavy atom. The summed E-state index contributed by atoms with van der Waals surface area (Å²) >= 11 is 6.87. The van der Waals surface area contributed by atoms with Gasteiger partial charge < -0.3 is 9.67 Å². The molecule has 2 rings (SSSR count). The average Bonchev–Trinajstić information content (AvgIpc) is 2.77. The van der Waals surface area contributed by atoms with Crippen molar-refractivity contribution < 1.29 is 5.11 Å². The van der Waals surface area contributed by atoms with Crippen molar-refractivity contribution in [2.45, 2.75) is 26.0 Å². The first-order chi connectivity index (χ1) is 8.63. The summed E-state index contributed by atoms with van der Waals surface area (Å²) in [5.41, 5.74) is 0.821. The Labute approximate surface area is 123 Å². The first-order valence-corrected chi connectivity index (χ1v) is 7.36. The number of nitrogens with zero attached hydrogens (tertiary/aromatic N) is 2. The summed E-state index contributed by atoms with van der Waals surface area (Å²) in [6, 6.07) is 5.73. The molecule has 1 atom stereocenters. The van der Waals surface area contributed by atoms with Crippen LogP contribution in [0.4, 0.5) is 0 Å². The molecule has 0 saturated heterocycles. The summed E-state index contributed by atoms with van der Waals surface area (Å²) in [4.78, 5) is 4.26. The molecule has 0 aliphatic carbocycles. The summed E-state index contributed by atoms with van der Waals surface area (Å²) in [5.74, 6) is 0.680. The largest absolute Gasteiger partial charge is 0.380 e. The Bertz CT molecular complexity index is 540. The van der Waals surface area contributed by atoms with Crippen LogP contribution in [0.2, 0.25) is 0 Å². The third kappa shape index (κ3) is 2.84. The number of aliphatic hydroxyl groups excluding tert-OH is 1. The van der Waals surface area contributed by atoms with Gasteiger partial charge in [-0.2, -0.15) is 0 Å². The number of hydrogen-bond acceptors (Lipinski definition) is 2. The Balaban J connectivity index is 2.35. The smallest absolute Gasteiger partial charge is 0.142 e. The molecule has 1 aromatic carbocycles. The molecule has 1 N–H and O–H groups in total. The van der Waals surface area contributed by atoms with Crippen molar-refractivity contribution in [3.05, 3.63) is 50.9 Å². The molecule has 0 bridgehead atoms. The highest BCUT2D eigenvalue weighted by atomic mass is 79.9. The Hall–Kier alpha value is -0.650. The number of halogens is 2. The van der Waals surface area contributed by atoms with E-state index in [2.05, 4.69) is 43.8 Å². The second-order valence-electron chi connectivity index (χ2n) is 4.05. The summed E-state index contributed by atoms with van der Waals surface area (Å²) in [5, 5.41) is 10.4. The molecule has 0 fully saturated rings. The third-order valence-corrected chi connectivity index (χ3v) is 3.89. The van der Waals surface area contributed by atoms with Gasteiger partial charge in [-0.1, -0.05) is 44.8 Å². The molecule has 96 valence electrons. The van der Waals surface area contributed by atoms with Crippen LogP contribution in [-0.2, 0) is 6.54 Å². The molecule has 0 spiro atoms. The normalized spacial score (nSPS) is 12.7. The van der Waals surface area contributed by atoms with Crippen molar-refractivity contribution in [2.24, 2.45) is 0 Å². The number of imidazole rings is 1. The Kier molecular flexibility index (Phi) is 4.59. The zero-order valence-electron chi connectivity index (χ0n) is 9.98. The van der Waals surface area contributed by atoms with Gasteiger partial charge in [-0.15, -0.1) is 0 Å². The zero-order valence-corrected chi connectivity index (χ0v) is 13.1. The molecule has 0 amide bonds. The van der Waals surface area contributed by atoms with Gasteiger partial charge in [0, 0.05) is 33.4 Å². The Morgan fingerprint density at radius 1 is 1.39 bits per heavy atom. The fourth-order valence-corrected chi connectivity index (χ4v) is 3.12. The summed E-state index contributed by atoms with van der Waals surface area (Å²) in [7, 11) is 0. The predicted octanol–water partition coefficient (Wildman–Crippen LogP) is 3.90. The molecule has 1 unspecified atom stereocenters. The van der Waals surface area contributed by atoms with Crippen molar-refractivity contribution in [3.8, 4) is 0 Å². The standard InChI is InChI=1S/C13H14Br2N2O/c1-2-6-17-7-5-16-13(17)12(18)10-4-3-9(14)8-11(10)15/h3-5,7-8,12,18H,2,6H2,1H3. The number of aromatic nitrogens is 2. The maximum Gasteiger partial charge on any atom is 0.142 e. The highest BCUT2D eigenvalue weighted by Crippen LogP contribution is 2.30. The lowest BCUT2D eigenvalue weighted by molar-refractivity contribution is 0.203. The quantitative estimate of drug-likeness (QED) is 0.882. The van der Waals surface area contributed by atoms with Gasteiger partial charge in [-0.3, -0.25) is 0 Å². The van der Waals surface area contributed by atoms with Crippen LogP contribution in [0.1, 0.15) is 30.8 Å². The van der Waals surface area contributed by atoms with Crippen molar-refractivity contribution in [2.75, 3.05) is 0 Å². The topological polar surface area (TPSA) is 38.0 Å². The van der Waals surface area contributed by atoms with Crippen LogP contribution < -0.4 is 0 Å². The first kappa shape index (κ1) is 13.8. The van der Waals surface area contributed by atoms with Gasteiger partial charge in [0.1, 0.15) is 11.9 Å². The van der Waals surface area contributed by atoms with E-state index in [1.54, 1.807) is 6.20 Å². The van der Waals surface area contributed by atoms with E-state index in [-0.39, 0.29) is 0 Å². The molecule has 0 radical (unpaired) electrons. The molecule has 0 aliphatic heterocycles. The maximum atomic E-state index is 10.4. The van der Waals surface area contributed by atoms with Gasteiger partial charge in [-0.25, -0.2) is 4.98 Å². The molecular weight excluding hydrogens is 360 g/mol. The van der Waals surface area contributed by atoms with E-state index in [4.69, 9.17) is 0 Å². The lowest BCUT2D eigenvalue weighted by Gasteiger charge is -2.14. The van der Waals surface area contributed by atoms with Gasteiger partial charge in [0.2, 0.25) is 0 Å². The third-order valence-electron chi connectivity index (χ3n) is 2.71. The lowest BCUT2D eigenvalue weighted by Crippen LogP contribution is -2.10. The van der Waals surface area contributed by atoms with Gasteiger partial charge in [-0.05, 0) is 18.6 Å². The van der Waals surface area contributed by atoms with Crippen molar-refractivity contribution in [3.63, 3.8) is 0 Å². The van der Waals surface area contributed by atoms with E-state index in [0.717, 1.165) is 27.5 Å². The van der Waals surface area contributed by atoms with Crippen LogP contribution in [-0.4, -0.2) is 14.7 Å². The van der Waals surface area contributed by atoms with Crippen LogP contribution in [0.5, 0.6) is 0 Å². The van der Waals surface area contributed by atoms with Gasteiger partial charge >= 0.3 is 0 Å². The van der Waals surface area contributed by atoms with Crippen LogP contribution in [0.25, 0.3) is 0 Å². The van der Waals surface area contributed by atoms with E-state index in [0.29, 0.717) is 5.82 Å². The zero-order chi connectivity index (χ0) is 13.1. The molecule has 1 aromatic heterocycles. The molecule has 2 aromatic rings. The highest BCUT2D eigenvalue weighted by Gasteiger charge is 2.18. The van der Waals surface area contributed by atoms with Crippen LogP contribution in [0, 0.1) is 0 Å². The number of aliphatic hydroxyl groups is 1. The molecule has 0 saturated carbocycles. The number of rotatable bonds is 4. The number of aryl methyl sites for hydroxylation is 1. The average molecular weight is 374 g/mol. The fraction of sp³-hybridized carbons (Fsp3) is 0.308. The van der Waals surface area contributed by atoms with Gasteiger partial charge in [0.05, 0.1) is 0 Å². The second-order valence-corrected chi connectivity index (χ2v) is 5.82. The number of benzene rings is 1. The Morgan fingerprint density at radius 3 is 2.83 bits per heavy atom. The van der Waals surface area contributed by atoms with E-state index in [1.807, 2.05) is 29.0 Å². The van der Waals surface area contributed by atoms with Crippen LogP contribution >= 0.6 is 31.9 Å². The molecule has 5 heteroatoms. The van der Waals surface area contributed by atoms with Crippen molar-refractivity contribution >= 4 is 31.9 Å². The molecule has 1 heterocycles. The highest BCUT2D eigenvalue weighted by molar-refractivity contribution is 9.11. The van der Waals surface area contributed by atoms with Crippen molar-refractivity contribution in [1.29, 1.82) is 0 Å². The van der Waals surface area contributed by atoms with Gasteiger partial charge in [0.25, 0.3) is 0 Å². The van der Waals surface area contributed by atoms with Crippen LogP contribution in [0.3, 0.4) is 0 Å². The van der Waals surface area contributed by atoms with Gasteiger partial charge in [0.15, 0.2) is 0 Å². The molecule has 18 heavy (non-hydrogen) atoms. The minimum Gasteiger partial charge on any atom is -0.380 e. The van der Waals surface area contributed by atoms with Crippen LogP contribution in [0.15, 0.2) is 39.5 Å². The second kappa shape index (κ2) is 5.99. The molecular formula is C13H14Br2N2O. The SMILES string of the molecule is CCCn1ccnc1C(O)c1ccc(Br)cc1Br. The minimum absolute atomic E-state index is 0.680. The summed E-state index contributed by atoms with van der Waals surface area (Å²) < 4.78 is 3.83. The lowest BCUT2D eigenvalue weighted by atomic mass is 10.1. The van der Waals surface area contributed by atoms with Crippen molar-refractivity contribution in [1.82, 2.24) is 9.55 Å². The monoisotopic (exact) mass is 372 g/mol. The first-order valence-electron chi connectivity index (χ1n) is 5.77. The summed E-state index contributed by atoms with van der Waals surface area (Å²) in [6.07, 6.45) is 3.92. The maximum absolute atomic E-state index is 10.4. The van der Waals surface area contributed by atoms with E-state index in [9.17, 15) is 5.11 Å². The van der Waals surface area contributed by atoms with E-state index < -0.39 is 6.10 Å².